The number of fused-ring (bicyclic) bond motifs is 1. The predicted octanol–water partition coefficient (Wildman–Crippen LogP) is 3.57. The Balaban J connectivity index is 1.77. The van der Waals surface area contributed by atoms with Crippen LogP contribution in [0.4, 0.5) is 0 Å². The summed E-state index contributed by atoms with van der Waals surface area (Å²) in [6, 6.07) is 0. The molecular weight excluding hydrogens is 266 g/mol. The standard InChI is InChI=1S/C17H21NO3/c1-12(19)20-15-10-17-8-4-2-6-13(17)11-18-9-5-3-7-14(18)16(17)21-15/h5,9,11,15H,2-4,6-8,10H2,1H3. The van der Waals surface area contributed by atoms with Crippen molar-refractivity contribution in [1.82, 2.24) is 4.90 Å². The monoisotopic (exact) mass is 287 g/mol. The first kappa shape index (κ1) is 13.0. The van der Waals surface area contributed by atoms with Crippen molar-refractivity contribution in [2.75, 3.05) is 0 Å². The molecule has 0 bridgehead atoms. The minimum Gasteiger partial charge on any atom is -0.456 e. The fraction of sp³-hybridized carbons (Fsp3) is 0.588. The zero-order valence-electron chi connectivity index (χ0n) is 12.4. The molecule has 1 aliphatic carbocycles. The maximum atomic E-state index is 11.3. The number of rotatable bonds is 1. The molecule has 0 N–H and O–H groups in total. The maximum absolute atomic E-state index is 11.3. The van der Waals surface area contributed by atoms with Crippen LogP contribution < -0.4 is 0 Å². The van der Waals surface area contributed by atoms with Crippen LogP contribution in [0.1, 0.15) is 51.9 Å². The lowest BCUT2D eigenvalue weighted by Gasteiger charge is -2.42. The molecule has 4 nitrogen and oxygen atoms in total. The average Bonchev–Trinajstić information content (AvgIpc) is 2.82. The molecule has 4 aliphatic rings. The summed E-state index contributed by atoms with van der Waals surface area (Å²) in [7, 11) is 0. The molecule has 4 rings (SSSR count). The quantitative estimate of drug-likeness (QED) is 0.691. The van der Waals surface area contributed by atoms with Gasteiger partial charge in [-0.2, -0.15) is 0 Å². The van der Waals surface area contributed by atoms with Gasteiger partial charge in [-0.05, 0) is 37.7 Å². The van der Waals surface area contributed by atoms with Crippen LogP contribution in [0.5, 0.6) is 0 Å². The summed E-state index contributed by atoms with van der Waals surface area (Å²) < 4.78 is 11.5. The third-order valence-electron chi connectivity index (χ3n) is 5.09. The van der Waals surface area contributed by atoms with Crippen LogP contribution in [0.3, 0.4) is 0 Å². The molecule has 1 spiro atoms. The zero-order chi connectivity index (χ0) is 14.4. The van der Waals surface area contributed by atoms with E-state index < -0.39 is 6.29 Å². The second-order valence-electron chi connectivity index (χ2n) is 6.41. The minimum absolute atomic E-state index is 0.00458. The Bertz CT molecular complexity index is 575. The summed E-state index contributed by atoms with van der Waals surface area (Å²) in [6.07, 6.45) is 13.8. The van der Waals surface area contributed by atoms with E-state index in [1.54, 1.807) is 0 Å². The van der Waals surface area contributed by atoms with Crippen LogP contribution in [0.15, 0.2) is 35.5 Å². The van der Waals surface area contributed by atoms with E-state index in [2.05, 4.69) is 23.4 Å². The number of esters is 1. The van der Waals surface area contributed by atoms with Crippen LogP contribution in [0, 0.1) is 5.41 Å². The first-order chi connectivity index (χ1) is 10.2. The van der Waals surface area contributed by atoms with E-state index in [0.29, 0.717) is 0 Å². The van der Waals surface area contributed by atoms with Gasteiger partial charge in [0.15, 0.2) is 0 Å². The molecule has 0 aromatic rings. The van der Waals surface area contributed by atoms with Gasteiger partial charge in [-0.3, -0.25) is 4.79 Å². The highest BCUT2D eigenvalue weighted by atomic mass is 16.7. The third kappa shape index (κ3) is 1.92. The number of carbonyl (C=O) groups is 1. The topological polar surface area (TPSA) is 38.8 Å². The fourth-order valence-corrected chi connectivity index (χ4v) is 4.23. The van der Waals surface area contributed by atoms with E-state index in [9.17, 15) is 4.79 Å². The van der Waals surface area contributed by atoms with E-state index in [4.69, 9.17) is 9.47 Å². The van der Waals surface area contributed by atoms with Crippen molar-refractivity contribution in [3.05, 3.63) is 35.5 Å². The molecule has 1 saturated heterocycles. The van der Waals surface area contributed by atoms with Gasteiger partial charge in [0.2, 0.25) is 6.29 Å². The molecule has 0 aromatic heterocycles. The minimum atomic E-state index is -0.419. The maximum Gasteiger partial charge on any atom is 0.305 e. The van der Waals surface area contributed by atoms with Gasteiger partial charge >= 0.3 is 5.97 Å². The predicted molar refractivity (Wildman–Crippen MR) is 77.5 cm³/mol. The Labute approximate surface area is 125 Å². The molecule has 2 unspecified atom stereocenters. The van der Waals surface area contributed by atoms with E-state index in [1.165, 1.54) is 31.0 Å². The largest absolute Gasteiger partial charge is 0.456 e. The van der Waals surface area contributed by atoms with Crippen LogP contribution in [0.2, 0.25) is 0 Å². The second-order valence-corrected chi connectivity index (χ2v) is 6.41. The molecule has 0 amide bonds. The van der Waals surface area contributed by atoms with Gasteiger partial charge in [-0.25, -0.2) is 0 Å². The van der Waals surface area contributed by atoms with E-state index >= 15 is 0 Å². The number of ether oxygens (including phenoxy) is 2. The molecular formula is C17H21NO3. The van der Waals surface area contributed by atoms with Crippen molar-refractivity contribution in [3.8, 4) is 0 Å². The van der Waals surface area contributed by atoms with E-state index in [-0.39, 0.29) is 11.4 Å². The highest BCUT2D eigenvalue weighted by Gasteiger charge is 2.53. The average molecular weight is 287 g/mol. The first-order valence-electron chi connectivity index (χ1n) is 7.93. The molecule has 2 atom stereocenters. The molecule has 4 heteroatoms. The number of hydrogen-bond acceptors (Lipinski definition) is 4. The Morgan fingerprint density at radius 3 is 3.19 bits per heavy atom. The number of hydrogen-bond donors (Lipinski definition) is 0. The van der Waals surface area contributed by atoms with Crippen molar-refractivity contribution in [2.24, 2.45) is 5.41 Å². The molecule has 21 heavy (non-hydrogen) atoms. The van der Waals surface area contributed by atoms with Crippen LogP contribution in [-0.4, -0.2) is 17.2 Å². The van der Waals surface area contributed by atoms with Crippen LogP contribution >= 0.6 is 0 Å². The van der Waals surface area contributed by atoms with Crippen molar-refractivity contribution in [1.29, 1.82) is 0 Å². The number of carbonyl (C=O) groups excluding carboxylic acids is 1. The SMILES string of the molecule is CC(=O)OC1CC23CCCCC2=CN2C=CCCC2=C3O1. The number of nitrogens with zero attached hydrogens (tertiary/aromatic N) is 1. The molecule has 0 radical (unpaired) electrons. The lowest BCUT2D eigenvalue weighted by atomic mass is 9.66. The van der Waals surface area contributed by atoms with Crippen molar-refractivity contribution < 1.29 is 14.3 Å². The number of allylic oxidation sites excluding steroid dienone is 3. The highest BCUT2D eigenvalue weighted by Crippen LogP contribution is 2.58. The van der Waals surface area contributed by atoms with Crippen molar-refractivity contribution in [3.63, 3.8) is 0 Å². The lowest BCUT2D eigenvalue weighted by molar-refractivity contribution is -0.163. The Kier molecular flexibility index (Phi) is 2.88. The molecule has 2 fully saturated rings. The van der Waals surface area contributed by atoms with Crippen molar-refractivity contribution >= 4 is 5.97 Å². The van der Waals surface area contributed by atoms with Gasteiger partial charge in [0.05, 0.1) is 11.1 Å². The van der Waals surface area contributed by atoms with Crippen LogP contribution in [-0.2, 0) is 14.3 Å². The van der Waals surface area contributed by atoms with E-state index in [1.807, 2.05) is 0 Å². The molecule has 0 aromatic carbocycles. The first-order valence-corrected chi connectivity index (χ1v) is 7.93. The fourth-order valence-electron chi connectivity index (χ4n) is 4.23. The summed E-state index contributed by atoms with van der Waals surface area (Å²) >= 11 is 0. The van der Waals surface area contributed by atoms with Gasteiger partial charge in [0.1, 0.15) is 5.76 Å². The summed E-state index contributed by atoms with van der Waals surface area (Å²) in [5, 5.41) is 0. The van der Waals surface area contributed by atoms with Gasteiger partial charge in [-0.15, -0.1) is 0 Å². The summed E-state index contributed by atoms with van der Waals surface area (Å²) in [5.41, 5.74) is 2.71. The smallest absolute Gasteiger partial charge is 0.305 e. The lowest BCUT2D eigenvalue weighted by Crippen LogP contribution is -2.34. The normalized spacial score (nSPS) is 33.7. The van der Waals surface area contributed by atoms with Crippen LogP contribution in [0.25, 0.3) is 0 Å². The van der Waals surface area contributed by atoms with Gasteiger partial charge < -0.3 is 14.4 Å². The van der Waals surface area contributed by atoms with Crippen molar-refractivity contribution in [2.45, 2.75) is 58.2 Å². The molecule has 112 valence electrons. The zero-order valence-corrected chi connectivity index (χ0v) is 12.4. The summed E-state index contributed by atoms with van der Waals surface area (Å²) in [4.78, 5) is 13.5. The third-order valence-corrected chi connectivity index (χ3v) is 5.09. The Morgan fingerprint density at radius 1 is 1.43 bits per heavy atom. The van der Waals surface area contributed by atoms with E-state index in [0.717, 1.165) is 37.9 Å². The van der Waals surface area contributed by atoms with Gasteiger partial charge in [-0.1, -0.05) is 12.5 Å². The summed E-state index contributed by atoms with van der Waals surface area (Å²) in [5.74, 6) is 0.817. The molecule has 3 aliphatic heterocycles. The molecule has 1 saturated carbocycles. The molecule has 3 heterocycles. The van der Waals surface area contributed by atoms with Gasteiger partial charge in [0, 0.05) is 25.7 Å². The Morgan fingerprint density at radius 2 is 2.33 bits per heavy atom. The summed E-state index contributed by atoms with van der Waals surface area (Å²) in [6.45, 7) is 1.45. The highest BCUT2D eigenvalue weighted by molar-refractivity contribution is 5.66. The Hall–Kier alpha value is -1.71. The van der Waals surface area contributed by atoms with Gasteiger partial charge in [0.25, 0.3) is 0 Å². The second kappa shape index (κ2) is 4.65.